The van der Waals surface area contributed by atoms with Crippen molar-refractivity contribution in [3.63, 3.8) is 0 Å². The zero-order valence-corrected chi connectivity index (χ0v) is 9.02. The van der Waals surface area contributed by atoms with Crippen molar-refractivity contribution in [1.29, 1.82) is 0 Å². The van der Waals surface area contributed by atoms with Crippen LogP contribution in [0.1, 0.15) is 12.8 Å². The Morgan fingerprint density at radius 3 is 3.00 bits per heavy atom. The van der Waals surface area contributed by atoms with Gasteiger partial charge in [-0.2, -0.15) is 0 Å². The van der Waals surface area contributed by atoms with E-state index in [1.165, 1.54) is 0 Å². The number of nitrogens with zero attached hydrogens (tertiary/aromatic N) is 2. The van der Waals surface area contributed by atoms with Crippen LogP contribution in [0.2, 0.25) is 0 Å². The van der Waals surface area contributed by atoms with Gasteiger partial charge in [-0.1, -0.05) is 0 Å². The fraction of sp³-hybridized carbons (Fsp3) is 0.545. The minimum absolute atomic E-state index is 0.292. The van der Waals surface area contributed by atoms with Gasteiger partial charge >= 0.3 is 0 Å². The van der Waals surface area contributed by atoms with E-state index in [-0.39, 0.29) is 0 Å². The first-order valence-electron chi connectivity index (χ1n) is 5.30. The number of hydrogen-bond donors (Lipinski definition) is 1. The van der Waals surface area contributed by atoms with Crippen molar-refractivity contribution >= 4 is 5.69 Å². The third-order valence-electron chi connectivity index (χ3n) is 2.75. The predicted octanol–water partition coefficient (Wildman–Crippen LogP) is 1.02. The summed E-state index contributed by atoms with van der Waals surface area (Å²) in [6.07, 6.45) is 4.13. The molecule has 15 heavy (non-hydrogen) atoms. The number of piperidine rings is 1. The number of aromatic nitrogens is 1. The molecule has 82 valence electrons. The summed E-state index contributed by atoms with van der Waals surface area (Å²) < 4.78 is 5.02. The zero-order chi connectivity index (χ0) is 10.7. The summed E-state index contributed by atoms with van der Waals surface area (Å²) in [6.45, 7) is 2.00. The molecular formula is C11H17N3O. The van der Waals surface area contributed by atoms with E-state index in [4.69, 9.17) is 10.5 Å². The summed E-state index contributed by atoms with van der Waals surface area (Å²) in [5.74, 6) is 0.653. The summed E-state index contributed by atoms with van der Waals surface area (Å²) in [7, 11) is 1.62. The van der Waals surface area contributed by atoms with Gasteiger partial charge < -0.3 is 15.4 Å². The molecule has 2 rings (SSSR count). The van der Waals surface area contributed by atoms with Crippen molar-refractivity contribution < 1.29 is 4.74 Å². The molecule has 1 atom stereocenters. The number of hydrogen-bond acceptors (Lipinski definition) is 4. The van der Waals surface area contributed by atoms with E-state index in [0.29, 0.717) is 11.9 Å². The van der Waals surface area contributed by atoms with Crippen molar-refractivity contribution in [3.8, 4) is 5.88 Å². The van der Waals surface area contributed by atoms with Crippen LogP contribution in [-0.4, -0.2) is 31.2 Å². The standard InChI is InChI=1S/C11H17N3O/c1-15-11-5-4-10(7-13-11)14-6-2-3-9(12)8-14/h4-5,7,9H,2-3,6,8,12H2,1H3. The molecule has 0 amide bonds. The maximum Gasteiger partial charge on any atom is 0.213 e. The van der Waals surface area contributed by atoms with Crippen LogP contribution in [0.5, 0.6) is 5.88 Å². The van der Waals surface area contributed by atoms with Gasteiger partial charge in [-0.25, -0.2) is 4.98 Å². The lowest BCUT2D eigenvalue weighted by Gasteiger charge is -2.32. The highest BCUT2D eigenvalue weighted by atomic mass is 16.5. The fourth-order valence-corrected chi connectivity index (χ4v) is 1.92. The van der Waals surface area contributed by atoms with Gasteiger partial charge in [-0.05, 0) is 18.9 Å². The molecule has 2 N–H and O–H groups in total. The van der Waals surface area contributed by atoms with Crippen LogP contribution in [0.3, 0.4) is 0 Å². The molecule has 0 spiro atoms. The first-order chi connectivity index (χ1) is 7.29. The second kappa shape index (κ2) is 4.49. The molecule has 1 fully saturated rings. The number of rotatable bonds is 2. The molecule has 4 nitrogen and oxygen atoms in total. The third kappa shape index (κ3) is 2.39. The first-order valence-corrected chi connectivity index (χ1v) is 5.30. The topological polar surface area (TPSA) is 51.4 Å². The van der Waals surface area contributed by atoms with Gasteiger partial charge in [0, 0.05) is 25.2 Å². The van der Waals surface area contributed by atoms with Crippen molar-refractivity contribution in [2.24, 2.45) is 5.73 Å². The minimum atomic E-state index is 0.292. The van der Waals surface area contributed by atoms with Crippen molar-refractivity contribution in [3.05, 3.63) is 18.3 Å². The molecule has 0 aromatic carbocycles. The molecule has 1 aliphatic heterocycles. The molecule has 1 aromatic heterocycles. The second-order valence-corrected chi connectivity index (χ2v) is 3.91. The number of methoxy groups -OCH3 is 1. The average molecular weight is 207 g/mol. The van der Waals surface area contributed by atoms with Gasteiger partial charge in [0.1, 0.15) is 0 Å². The Bertz CT molecular complexity index is 312. The van der Waals surface area contributed by atoms with Crippen LogP contribution < -0.4 is 15.4 Å². The van der Waals surface area contributed by atoms with E-state index in [0.717, 1.165) is 31.6 Å². The van der Waals surface area contributed by atoms with Crippen molar-refractivity contribution in [1.82, 2.24) is 4.98 Å². The molecule has 0 saturated carbocycles. The molecule has 0 radical (unpaired) electrons. The van der Waals surface area contributed by atoms with Gasteiger partial charge in [0.2, 0.25) is 5.88 Å². The Balaban J connectivity index is 2.07. The highest BCUT2D eigenvalue weighted by Crippen LogP contribution is 2.20. The van der Waals surface area contributed by atoms with Crippen molar-refractivity contribution in [2.45, 2.75) is 18.9 Å². The lowest BCUT2D eigenvalue weighted by atomic mass is 10.1. The van der Waals surface area contributed by atoms with Crippen LogP contribution in [0.25, 0.3) is 0 Å². The van der Waals surface area contributed by atoms with Crippen LogP contribution in [0, 0.1) is 0 Å². The Labute approximate surface area is 90.0 Å². The Morgan fingerprint density at radius 2 is 2.40 bits per heavy atom. The van der Waals surface area contributed by atoms with E-state index in [1.54, 1.807) is 7.11 Å². The van der Waals surface area contributed by atoms with Gasteiger partial charge in [-0.3, -0.25) is 0 Å². The summed E-state index contributed by atoms with van der Waals surface area (Å²) in [5, 5.41) is 0. The number of anilines is 1. The molecule has 4 heteroatoms. The predicted molar refractivity (Wildman–Crippen MR) is 60.2 cm³/mol. The number of pyridine rings is 1. The smallest absolute Gasteiger partial charge is 0.213 e. The lowest BCUT2D eigenvalue weighted by molar-refractivity contribution is 0.397. The third-order valence-corrected chi connectivity index (χ3v) is 2.75. The fourth-order valence-electron chi connectivity index (χ4n) is 1.92. The highest BCUT2D eigenvalue weighted by Gasteiger charge is 2.16. The monoisotopic (exact) mass is 207 g/mol. The largest absolute Gasteiger partial charge is 0.481 e. The molecule has 1 saturated heterocycles. The van der Waals surface area contributed by atoms with E-state index < -0.39 is 0 Å². The zero-order valence-electron chi connectivity index (χ0n) is 9.02. The molecule has 1 aromatic rings. The number of nitrogens with two attached hydrogens (primary N) is 1. The molecular weight excluding hydrogens is 190 g/mol. The first kappa shape index (κ1) is 10.2. The van der Waals surface area contributed by atoms with E-state index in [1.807, 2.05) is 18.3 Å². The molecule has 0 bridgehead atoms. The van der Waals surface area contributed by atoms with Gasteiger partial charge in [0.15, 0.2) is 0 Å². The second-order valence-electron chi connectivity index (χ2n) is 3.91. The lowest BCUT2D eigenvalue weighted by Crippen LogP contribution is -2.42. The van der Waals surface area contributed by atoms with Crippen LogP contribution in [0.15, 0.2) is 18.3 Å². The van der Waals surface area contributed by atoms with E-state index >= 15 is 0 Å². The summed E-state index contributed by atoms with van der Waals surface area (Å²) >= 11 is 0. The quantitative estimate of drug-likeness (QED) is 0.786. The van der Waals surface area contributed by atoms with Crippen LogP contribution in [-0.2, 0) is 0 Å². The highest BCUT2D eigenvalue weighted by molar-refractivity contribution is 5.46. The van der Waals surface area contributed by atoms with E-state index in [9.17, 15) is 0 Å². The van der Waals surface area contributed by atoms with Crippen LogP contribution >= 0.6 is 0 Å². The Kier molecular flexibility index (Phi) is 3.06. The van der Waals surface area contributed by atoms with Gasteiger partial charge in [0.25, 0.3) is 0 Å². The Morgan fingerprint density at radius 1 is 1.53 bits per heavy atom. The maximum absolute atomic E-state index is 5.93. The molecule has 1 aliphatic rings. The van der Waals surface area contributed by atoms with Gasteiger partial charge in [0.05, 0.1) is 19.0 Å². The summed E-state index contributed by atoms with van der Waals surface area (Å²) in [4.78, 5) is 6.47. The van der Waals surface area contributed by atoms with Gasteiger partial charge in [-0.15, -0.1) is 0 Å². The van der Waals surface area contributed by atoms with E-state index in [2.05, 4.69) is 9.88 Å². The minimum Gasteiger partial charge on any atom is -0.481 e. The number of ether oxygens (including phenoxy) is 1. The normalized spacial score (nSPS) is 21.5. The van der Waals surface area contributed by atoms with Crippen LogP contribution in [0.4, 0.5) is 5.69 Å². The molecule has 0 aliphatic carbocycles. The summed E-state index contributed by atoms with van der Waals surface area (Å²) in [5.41, 5.74) is 7.06. The summed E-state index contributed by atoms with van der Waals surface area (Å²) in [6, 6.07) is 4.21. The average Bonchev–Trinajstić information content (AvgIpc) is 2.29. The van der Waals surface area contributed by atoms with Crippen molar-refractivity contribution in [2.75, 3.05) is 25.1 Å². The Hall–Kier alpha value is -1.29. The molecule has 1 unspecified atom stereocenters. The SMILES string of the molecule is COc1ccc(N2CCCC(N)C2)cn1. The maximum atomic E-state index is 5.93. The molecule has 2 heterocycles.